The molecule has 0 saturated heterocycles. The van der Waals surface area contributed by atoms with Gasteiger partial charge in [0.1, 0.15) is 10.8 Å². The molecule has 0 fully saturated rings. The number of pyridine rings is 1. The largest absolute Gasteiger partial charge is 0.393 e. The summed E-state index contributed by atoms with van der Waals surface area (Å²) >= 11 is 4.11. The number of thiophene rings is 1. The Morgan fingerprint density at radius 2 is 2.04 bits per heavy atom. The first-order valence-electron chi connectivity index (χ1n) is 7.53. The van der Waals surface area contributed by atoms with E-state index in [9.17, 15) is 13.2 Å². The second-order valence-electron chi connectivity index (χ2n) is 5.54. The van der Waals surface area contributed by atoms with Gasteiger partial charge >= 0.3 is 6.18 Å². The maximum absolute atomic E-state index is 12.8. The molecule has 0 saturated carbocycles. The highest BCUT2D eigenvalue weighted by atomic mass is 32.2. The van der Waals surface area contributed by atoms with E-state index in [0.717, 1.165) is 9.73 Å². The zero-order chi connectivity index (χ0) is 18.9. The lowest BCUT2D eigenvalue weighted by atomic mass is 10.1. The number of nitrogens with zero attached hydrogens (tertiary/aromatic N) is 3. The van der Waals surface area contributed by atoms with Crippen LogP contribution in [0.25, 0.3) is 10.1 Å². The number of alkyl halides is 3. The van der Waals surface area contributed by atoms with Crippen LogP contribution in [0, 0.1) is 0 Å². The molecule has 0 radical (unpaired) electrons. The molecule has 3 heterocycles. The first kappa shape index (κ1) is 19.2. The van der Waals surface area contributed by atoms with Crippen LogP contribution in [-0.4, -0.2) is 27.4 Å². The van der Waals surface area contributed by atoms with Crippen molar-refractivity contribution in [1.82, 2.24) is 15.0 Å². The highest BCUT2D eigenvalue weighted by Crippen LogP contribution is 2.36. The molecule has 1 atom stereocenters. The van der Waals surface area contributed by atoms with Gasteiger partial charge in [-0.2, -0.15) is 13.2 Å². The second kappa shape index (κ2) is 7.61. The lowest BCUT2D eigenvalue weighted by Gasteiger charge is -2.11. The Morgan fingerprint density at radius 1 is 1.27 bits per heavy atom. The van der Waals surface area contributed by atoms with Gasteiger partial charge in [0, 0.05) is 12.3 Å². The van der Waals surface area contributed by atoms with Gasteiger partial charge in [0.2, 0.25) is 0 Å². The summed E-state index contributed by atoms with van der Waals surface area (Å²) in [5, 5.41) is 3.30. The Bertz CT molecular complexity index is 927. The first-order chi connectivity index (χ1) is 12.2. The van der Waals surface area contributed by atoms with Crippen molar-refractivity contribution in [1.29, 1.82) is 0 Å². The van der Waals surface area contributed by atoms with E-state index in [1.165, 1.54) is 34.9 Å². The minimum Gasteiger partial charge on any atom is -0.384 e. The molecule has 3 aromatic heterocycles. The molecule has 0 bridgehead atoms. The zero-order valence-corrected chi connectivity index (χ0v) is 16.3. The number of hydrogen-bond acceptors (Lipinski definition) is 7. The van der Waals surface area contributed by atoms with E-state index >= 15 is 0 Å². The van der Waals surface area contributed by atoms with Crippen LogP contribution in [0.5, 0.6) is 0 Å². The van der Waals surface area contributed by atoms with E-state index in [1.807, 2.05) is 13.2 Å². The number of anilines is 1. The number of fused-ring (bicyclic) bond motifs is 1. The van der Waals surface area contributed by atoms with E-state index in [0.29, 0.717) is 22.1 Å². The van der Waals surface area contributed by atoms with Crippen molar-refractivity contribution in [3.8, 4) is 0 Å². The fourth-order valence-electron chi connectivity index (χ4n) is 2.37. The Kier molecular flexibility index (Phi) is 5.64. The fraction of sp³-hybridized carbons (Fsp3) is 0.312. The normalized spacial score (nSPS) is 13.3. The summed E-state index contributed by atoms with van der Waals surface area (Å²) in [7, 11) is 0. The van der Waals surface area contributed by atoms with Crippen LogP contribution in [0.1, 0.15) is 23.4 Å². The van der Waals surface area contributed by atoms with E-state index in [2.05, 4.69) is 15.0 Å². The molecule has 26 heavy (non-hydrogen) atoms. The van der Waals surface area contributed by atoms with Crippen LogP contribution in [-0.2, 0) is 6.42 Å². The minimum atomic E-state index is -4.23. The molecule has 0 aromatic carbocycles. The summed E-state index contributed by atoms with van der Waals surface area (Å²) in [6.45, 7) is 1.92. The third-order valence-electron chi connectivity index (χ3n) is 3.56. The molecular weight excluding hydrogens is 401 g/mol. The smallest absolute Gasteiger partial charge is 0.384 e. The molecular formula is C16H15F3N4S3. The summed E-state index contributed by atoms with van der Waals surface area (Å²) in [4.78, 5) is 13.0. The van der Waals surface area contributed by atoms with Gasteiger partial charge in [-0.05, 0) is 35.6 Å². The number of nitrogen functional groups attached to an aromatic ring is 1. The van der Waals surface area contributed by atoms with Gasteiger partial charge in [0.15, 0.2) is 5.16 Å². The molecule has 138 valence electrons. The fourth-order valence-corrected chi connectivity index (χ4v) is 4.63. The molecule has 0 amide bonds. The maximum atomic E-state index is 12.8. The van der Waals surface area contributed by atoms with E-state index in [4.69, 9.17) is 5.73 Å². The van der Waals surface area contributed by atoms with Gasteiger partial charge in [-0.15, -0.1) is 23.1 Å². The topological polar surface area (TPSA) is 64.7 Å². The number of halogens is 3. The molecule has 3 aromatic rings. The number of hydrogen-bond donors (Lipinski definition) is 1. The number of thioether (sulfide) groups is 2. The monoisotopic (exact) mass is 416 g/mol. The van der Waals surface area contributed by atoms with Gasteiger partial charge in [-0.25, -0.2) is 9.97 Å². The SMILES string of the molecule is CSc1cc(N)nc(SC(C)c2cc3c(CC(F)(F)F)csc3cn2)n1. The first-order valence-corrected chi connectivity index (χ1v) is 10.5. The van der Waals surface area contributed by atoms with Crippen molar-refractivity contribution in [3.63, 3.8) is 0 Å². The van der Waals surface area contributed by atoms with Crippen LogP contribution >= 0.6 is 34.9 Å². The molecule has 0 aliphatic heterocycles. The predicted molar refractivity (Wildman–Crippen MR) is 102 cm³/mol. The van der Waals surface area contributed by atoms with Gasteiger partial charge in [-0.3, -0.25) is 4.98 Å². The van der Waals surface area contributed by atoms with Crippen LogP contribution < -0.4 is 5.73 Å². The van der Waals surface area contributed by atoms with Crippen LogP contribution in [0.3, 0.4) is 0 Å². The quantitative estimate of drug-likeness (QED) is 0.344. The van der Waals surface area contributed by atoms with E-state index < -0.39 is 12.6 Å². The Hall–Kier alpha value is -1.52. The highest BCUT2D eigenvalue weighted by Gasteiger charge is 2.29. The van der Waals surface area contributed by atoms with Crippen LogP contribution in [0.2, 0.25) is 0 Å². The average Bonchev–Trinajstić information content (AvgIpc) is 2.94. The van der Waals surface area contributed by atoms with Gasteiger partial charge in [-0.1, -0.05) is 11.8 Å². The third-order valence-corrected chi connectivity index (χ3v) is 6.16. The molecule has 0 aliphatic rings. The Labute approximate surface area is 160 Å². The summed E-state index contributed by atoms with van der Waals surface area (Å²) < 4.78 is 39.0. The predicted octanol–water partition coefficient (Wildman–Crippen LogP) is 5.35. The lowest BCUT2D eigenvalue weighted by molar-refractivity contribution is -0.126. The molecule has 10 heteroatoms. The lowest BCUT2D eigenvalue weighted by Crippen LogP contribution is -2.11. The summed E-state index contributed by atoms with van der Waals surface area (Å²) in [5.74, 6) is 0.382. The summed E-state index contributed by atoms with van der Waals surface area (Å²) in [6.07, 6.45) is -1.65. The van der Waals surface area contributed by atoms with Crippen molar-refractivity contribution in [2.75, 3.05) is 12.0 Å². The Morgan fingerprint density at radius 3 is 2.73 bits per heavy atom. The number of nitrogens with two attached hydrogens (primary N) is 1. The molecule has 0 aliphatic carbocycles. The van der Waals surface area contributed by atoms with Gasteiger partial charge in [0.25, 0.3) is 0 Å². The molecule has 2 N–H and O–H groups in total. The maximum Gasteiger partial charge on any atom is 0.393 e. The standard InChI is InChI=1S/C16H15F3N4S3/c1-8(26-15-22-13(20)4-14(23-15)24-2)11-3-10-9(5-16(17,18)19)7-25-12(10)6-21-11/h3-4,6-8H,5H2,1-2H3,(H2,20,22,23). The summed E-state index contributed by atoms with van der Waals surface area (Å²) in [6, 6.07) is 3.42. The molecule has 3 rings (SSSR count). The van der Waals surface area contributed by atoms with E-state index in [-0.39, 0.29) is 10.8 Å². The van der Waals surface area contributed by atoms with Gasteiger partial charge < -0.3 is 5.73 Å². The van der Waals surface area contributed by atoms with Crippen molar-refractivity contribution in [2.45, 2.75) is 35.0 Å². The molecule has 0 spiro atoms. The average molecular weight is 417 g/mol. The molecule has 4 nitrogen and oxygen atoms in total. The van der Waals surface area contributed by atoms with Crippen LogP contribution in [0.4, 0.5) is 19.0 Å². The summed E-state index contributed by atoms with van der Waals surface area (Å²) in [5.41, 5.74) is 6.75. The van der Waals surface area contributed by atoms with E-state index in [1.54, 1.807) is 23.7 Å². The minimum absolute atomic E-state index is 0.130. The second-order valence-corrected chi connectivity index (χ2v) is 8.58. The Balaban J connectivity index is 1.87. The number of aromatic nitrogens is 3. The van der Waals surface area contributed by atoms with Crippen LogP contribution in [0.15, 0.2) is 33.9 Å². The number of rotatable bonds is 5. The van der Waals surface area contributed by atoms with Crippen molar-refractivity contribution >= 4 is 50.8 Å². The van der Waals surface area contributed by atoms with Gasteiger partial charge in [0.05, 0.1) is 22.1 Å². The highest BCUT2D eigenvalue weighted by molar-refractivity contribution is 7.99. The zero-order valence-electron chi connectivity index (χ0n) is 13.9. The van der Waals surface area contributed by atoms with Crippen molar-refractivity contribution in [3.05, 3.63) is 35.0 Å². The van der Waals surface area contributed by atoms with Crippen molar-refractivity contribution in [2.24, 2.45) is 0 Å². The molecule has 1 unspecified atom stereocenters. The third kappa shape index (κ3) is 4.60. The van der Waals surface area contributed by atoms with Crippen molar-refractivity contribution < 1.29 is 13.2 Å².